The van der Waals surface area contributed by atoms with Crippen LogP contribution in [0.4, 0.5) is 0 Å². The van der Waals surface area contributed by atoms with Crippen molar-refractivity contribution >= 4 is 0 Å². The third-order valence-corrected chi connectivity index (χ3v) is 4.24. The second-order valence-corrected chi connectivity index (χ2v) is 6.06. The van der Waals surface area contributed by atoms with Gasteiger partial charge in [0, 0.05) is 18.7 Å². The van der Waals surface area contributed by atoms with E-state index in [0.717, 1.165) is 59.2 Å². The Balaban J connectivity index is 1.67. The molecule has 5 nitrogen and oxygen atoms in total. The van der Waals surface area contributed by atoms with Gasteiger partial charge in [-0.1, -0.05) is 18.2 Å². The molecule has 0 radical (unpaired) electrons. The van der Waals surface area contributed by atoms with Gasteiger partial charge >= 0.3 is 0 Å². The van der Waals surface area contributed by atoms with Crippen molar-refractivity contribution in [2.45, 2.75) is 19.5 Å². The van der Waals surface area contributed by atoms with Crippen LogP contribution in [0, 0.1) is 0 Å². The maximum Gasteiger partial charge on any atom is 0.164 e. The van der Waals surface area contributed by atoms with E-state index >= 15 is 0 Å². The van der Waals surface area contributed by atoms with Crippen molar-refractivity contribution in [2.75, 3.05) is 27.4 Å². The van der Waals surface area contributed by atoms with E-state index in [1.54, 1.807) is 14.2 Å². The van der Waals surface area contributed by atoms with Crippen molar-refractivity contribution < 1.29 is 18.9 Å². The van der Waals surface area contributed by atoms with E-state index in [9.17, 15) is 0 Å². The van der Waals surface area contributed by atoms with E-state index < -0.39 is 0 Å². The summed E-state index contributed by atoms with van der Waals surface area (Å²) < 4.78 is 22.1. The highest BCUT2D eigenvalue weighted by atomic mass is 16.6. The Labute approximate surface area is 154 Å². The maximum absolute atomic E-state index is 5.63. The number of hydrogen-bond donors (Lipinski definition) is 1. The lowest BCUT2D eigenvalue weighted by Gasteiger charge is -2.19. The molecule has 1 heterocycles. The highest BCUT2D eigenvalue weighted by molar-refractivity contribution is 5.50. The summed E-state index contributed by atoms with van der Waals surface area (Å²) >= 11 is 0. The molecule has 1 aliphatic rings. The van der Waals surface area contributed by atoms with Gasteiger partial charge in [-0.05, 0) is 35.7 Å². The average molecular weight is 355 g/mol. The minimum atomic E-state index is 0.599. The molecular formula is C21H25NO4. The molecule has 0 unspecified atom stereocenters. The van der Waals surface area contributed by atoms with Crippen molar-refractivity contribution in [3.8, 4) is 23.0 Å². The summed E-state index contributed by atoms with van der Waals surface area (Å²) in [6.07, 6.45) is 2.60. The van der Waals surface area contributed by atoms with Crippen molar-refractivity contribution in [1.82, 2.24) is 5.32 Å². The number of nitrogens with one attached hydrogen (secondary N) is 1. The summed E-state index contributed by atoms with van der Waals surface area (Å²) in [5.41, 5.74) is 3.36. The Hall–Kier alpha value is -2.66. The first kappa shape index (κ1) is 18.1. The van der Waals surface area contributed by atoms with Crippen molar-refractivity contribution in [1.29, 1.82) is 0 Å². The van der Waals surface area contributed by atoms with E-state index in [1.807, 2.05) is 24.3 Å². The molecule has 0 spiro atoms. The van der Waals surface area contributed by atoms with Gasteiger partial charge in [0.15, 0.2) is 23.0 Å². The summed E-state index contributed by atoms with van der Waals surface area (Å²) in [5.74, 6) is 3.13. The monoisotopic (exact) mass is 355 g/mol. The second kappa shape index (κ2) is 8.63. The molecule has 0 bridgehead atoms. The van der Waals surface area contributed by atoms with Gasteiger partial charge in [0.25, 0.3) is 0 Å². The Morgan fingerprint density at radius 1 is 1.00 bits per heavy atom. The van der Waals surface area contributed by atoms with Gasteiger partial charge in [0.2, 0.25) is 0 Å². The quantitative estimate of drug-likeness (QED) is 0.735. The number of hydrogen-bond acceptors (Lipinski definition) is 5. The van der Waals surface area contributed by atoms with Gasteiger partial charge in [-0.2, -0.15) is 0 Å². The van der Waals surface area contributed by atoms with E-state index in [4.69, 9.17) is 18.9 Å². The molecule has 0 atom stereocenters. The van der Waals surface area contributed by atoms with E-state index in [1.165, 1.54) is 0 Å². The summed E-state index contributed by atoms with van der Waals surface area (Å²) in [5, 5.41) is 3.46. The van der Waals surface area contributed by atoms with Crippen molar-refractivity contribution in [3.63, 3.8) is 0 Å². The molecule has 0 amide bonds. The van der Waals surface area contributed by atoms with Crippen LogP contribution >= 0.6 is 0 Å². The fraction of sp³-hybridized carbons (Fsp3) is 0.333. The van der Waals surface area contributed by atoms with Crippen molar-refractivity contribution in [3.05, 3.63) is 59.7 Å². The molecule has 0 aliphatic carbocycles. The highest BCUT2D eigenvalue weighted by Crippen LogP contribution is 2.33. The molecule has 5 heteroatoms. The lowest BCUT2D eigenvalue weighted by atomic mass is 10.1. The molecule has 2 aromatic rings. The number of fused-ring (bicyclic) bond motifs is 1. The topological polar surface area (TPSA) is 49.0 Å². The van der Waals surface area contributed by atoms with Gasteiger partial charge in [-0.15, -0.1) is 6.58 Å². The predicted octanol–water partition coefficient (Wildman–Crippen LogP) is 3.49. The van der Waals surface area contributed by atoms with Crippen LogP contribution in [-0.4, -0.2) is 27.4 Å². The van der Waals surface area contributed by atoms with Crippen LogP contribution in [0.25, 0.3) is 0 Å². The number of benzene rings is 2. The van der Waals surface area contributed by atoms with Crippen LogP contribution in [0.15, 0.2) is 43.0 Å². The standard InChI is InChI=1S/C21H25NO4/c1-4-5-17-10-16(12-20(23-2)21(17)24-3)14-22-13-15-6-7-18-19(11-15)26-9-8-25-18/h4,6-7,10-12,22H,1,5,8-9,13-14H2,2-3H3. The lowest BCUT2D eigenvalue weighted by molar-refractivity contribution is 0.171. The van der Waals surface area contributed by atoms with Crippen LogP contribution in [-0.2, 0) is 19.5 Å². The van der Waals surface area contributed by atoms with Gasteiger partial charge in [-0.3, -0.25) is 0 Å². The molecule has 138 valence electrons. The minimum Gasteiger partial charge on any atom is -0.493 e. The molecule has 1 aliphatic heterocycles. The Morgan fingerprint density at radius 2 is 1.77 bits per heavy atom. The number of methoxy groups -OCH3 is 2. The largest absolute Gasteiger partial charge is 0.493 e. The second-order valence-electron chi connectivity index (χ2n) is 6.06. The summed E-state index contributed by atoms with van der Waals surface area (Å²) in [6.45, 7) is 6.49. The molecular weight excluding hydrogens is 330 g/mol. The van der Waals surface area contributed by atoms with E-state index in [-0.39, 0.29) is 0 Å². The number of allylic oxidation sites excluding steroid dienone is 1. The van der Waals surface area contributed by atoms with Crippen LogP contribution in [0.2, 0.25) is 0 Å². The van der Waals surface area contributed by atoms with Crippen LogP contribution < -0.4 is 24.3 Å². The Bertz CT molecular complexity index is 773. The summed E-state index contributed by atoms with van der Waals surface area (Å²) in [6, 6.07) is 10.2. The molecule has 0 fully saturated rings. The van der Waals surface area contributed by atoms with Gasteiger partial charge in [-0.25, -0.2) is 0 Å². The number of ether oxygens (including phenoxy) is 4. The maximum atomic E-state index is 5.63. The Kier molecular flexibility index (Phi) is 6.02. The first-order valence-corrected chi connectivity index (χ1v) is 8.69. The molecule has 0 aromatic heterocycles. The van der Waals surface area contributed by atoms with Gasteiger partial charge < -0.3 is 24.3 Å². The first-order valence-electron chi connectivity index (χ1n) is 8.69. The molecule has 26 heavy (non-hydrogen) atoms. The van der Waals surface area contributed by atoms with E-state index in [2.05, 4.69) is 24.0 Å². The third kappa shape index (κ3) is 4.11. The molecule has 2 aromatic carbocycles. The number of rotatable bonds is 8. The zero-order valence-corrected chi connectivity index (χ0v) is 15.3. The minimum absolute atomic E-state index is 0.599. The fourth-order valence-corrected chi connectivity index (χ4v) is 3.06. The zero-order valence-electron chi connectivity index (χ0n) is 15.3. The van der Waals surface area contributed by atoms with Gasteiger partial charge in [0.1, 0.15) is 13.2 Å². The predicted molar refractivity (Wildman–Crippen MR) is 101 cm³/mol. The summed E-state index contributed by atoms with van der Waals surface area (Å²) in [4.78, 5) is 0. The van der Waals surface area contributed by atoms with E-state index in [0.29, 0.717) is 13.2 Å². The molecule has 3 rings (SSSR count). The van der Waals surface area contributed by atoms with Crippen LogP contribution in [0.1, 0.15) is 16.7 Å². The molecule has 0 saturated carbocycles. The normalized spacial score (nSPS) is 12.5. The molecule has 0 saturated heterocycles. The fourth-order valence-electron chi connectivity index (χ4n) is 3.06. The van der Waals surface area contributed by atoms with Gasteiger partial charge in [0.05, 0.1) is 14.2 Å². The lowest BCUT2D eigenvalue weighted by Crippen LogP contribution is -2.17. The first-order chi connectivity index (χ1) is 12.7. The Morgan fingerprint density at radius 3 is 2.50 bits per heavy atom. The van der Waals surface area contributed by atoms with Crippen molar-refractivity contribution in [2.24, 2.45) is 0 Å². The third-order valence-electron chi connectivity index (χ3n) is 4.24. The zero-order chi connectivity index (χ0) is 18.4. The highest BCUT2D eigenvalue weighted by Gasteiger charge is 2.13. The average Bonchev–Trinajstić information content (AvgIpc) is 2.67. The summed E-state index contributed by atoms with van der Waals surface area (Å²) in [7, 11) is 3.31. The smallest absolute Gasteiger partial charge is 0.164 e. The van der Waals surface area contributed by atoms with Crippen LogP contribution in [0.5, 0.6) is 23.0 Å². The molecule has 1 N–H and O–H groups in total. The SMILES string of the molecule is C=CCc1cc(CNCc2ccc3c(c2)OCCO3)cc(OC)c1OC. The van der Waals surface area contributed by atoms with Crippen LogP contribution in [0.3, 0.4) is 0 Å².